The second-order valence-corrected chi connectivity index (χ2v) is 10.2. The first-order valence-corrected chi connectivity index (χ1v) is 12.4. The van der Waals surface area contributed by atoms with Gasteiger partial charge in [-0.15, -0.1) is 0 Å². The van der Waals surface area contributed by atoms with Crippen molar-refractivity contribution in [1.29, 1.82) is 0 Å². The molecule has 4 rings (SSSR count). The molecule has 2 unspecified atom stereocenters. The molecule has 2 heterocycles. The van der Waals surface area contributed by atoms with E-state index in [4.69, 9.17) is 21.3 Å². The molecule has 0 radical (unpaired) electrons. The van der Waals surface area contributed by atoms with Gasteiger partial charge < -0.3 is 15.2 Å². The zero-order valence-corrected chi connectivity index (χ0v) is 21.1. The third-order valence-electron chi connectivity index (χ3n) is 6.62. The van der Waals surface area contributed by atoms with Gasteiger partial charge in [0, 0.05) is 37.7 Å². The molecular formula is C26H36ClN5O2. The third kappa shape index (κ3) is 6.49. The Morgan fingerprint density at radius 2 is 1.65 bits per heavy atom. The minimum absolute atomic E-state index is 0.0199. The van der Waals surface area contributed by atoms with Crippen LogP contribution in [0.25, 0.3) is 0 Å². The van der Waals surface area contributed by atoms with Gasteiger partial charge in [-0.05, 0) is 60.7 Å². The monoisotopic (exact) mass is 485 g/mol. The van der Waals surface area contributed by atoms with Gasteiger partial charge in [0.15, 0.2) is 6.29 Å². The maximum atomic E-state index is 9.19. The maximum absolute atomic E-state index is 9.19. The number of halogens is 1. The molecule has 0 saturated carbocycles. The van der Waals surface area contributed by atoms with Gasteiger partial charge in [-0.1, -0.05) is 37.6 Å². The van der Waals surface area contributed by atoms with E-state index in [0.717, 1.165) is 56.5 Å². The number of nitrogens with one attached hydrogen (secondary N) is 2. The van der Waals surface area contributed by atoms with Crippen molar-refractivity contribution in [2.45, 2.75) is 45.1 Å². The summed E-state index contributed by atoms with van der Waals surface area (Å²) in [4.78, 5) is 9.51. The first-order chi connectivity index (χ1) is 16.3. The molecule has 184 valence electrons. The summed E-state index contributed by atoms with van der Waals surface area (Å²) in [7, 11) is 0. The van der Waals surface area contributed by atoms with Crippen LogP contribution < -0.4 is 15.4 Å². The zero-order chi connectivity index (χ0) is 24.1. The molecule has 3 N–H and O–H groups in total. The number of piperazine rings is 1. The topological polar surface area (TPSA) is 72.4 Å². The van der Waals surface area contributed by atoms with Crippen molar-refractivity contribution in [2.75, 3.05) is 39.3 Å². The predicted molar refractivity (Wildman–Crippen MR) is 138 cm³/mol. The molecule has 8 heteroatoms. The van der Waals surface area contributed by atoms with E-state index in [9.17, 15) is 5.11 Å². The normalized spacial score (nSPS) is 22.2. The Labute approximate surface area is 207 Å². The number of aliphatic hydroxyl groups is 1. The fourth-order valence-electron chi connectivity index (χ4n) is 4.64. The number of rotatable bonds is 8. The van der Waals surface area contributed by atoms with E-state index >= 15 is 0 Å². The highest BCUT2D eigenvalue weighted by Crippen LogP contribution is 2.31. The number of hydrogen-bond acceptors (Lipinski definition) is 7. The quantitative estimate of drug-likeness (QED) is 0.530. The van der Waals surface area contributed by atoms with Gasteiger partial charge in [-0.25, -0.2) is 4.99 Å². The smallest absolute Gasteiger partial charge is 0.159 e. The van der Waals surface area contributed by atoms with Gasteiger partial charge in [0.25, 0.3) is 0 Å². The Morgan fingerprint density at radius 3 is 2.26 bits per heavy atom. The summed E-state index contributed by atoms with van der Waals surface area (Å²) in [5.74, 6) is 2.54. The van der Waals surface area contributed by atoms with E-state index in [1.807, 2.05) is 43.3 Å². The van der Waals surface area contributed by atoms with Crippen LogP contribution >= 0.6 is 11.6 Å². The number of β-amino-alcohol motifs (C(OH)–C–C–N with tert-alkyl or cyclic N) is 1. The van der Waals surface area contributed by atoms with Crippen molar-refractivity contribution in [3.8, 4) is 11.5 Å². The summed E-state index contributed by atoms with van der Waals surface area (Å²) < 4.78 is 5.95. The minimum Gasteiger partial charge on any atom is -0.457 e. The van der Waals surface area contributed by atoms with E-state index in [0.29, 0.717) is 5.02 Å². The van der Waals surface area contributed by atoms with Crippen molar-refractivity contribution >= 4 is 17.4 Å². The summed E-state index contributed by atoms with van der Waals surface area (Å²) in [5.41, 5.74) is 1.21. The van der Waals surface area contributed by atoms with Gasteiger partial charge in [0.1, 0.15) is 11.5 Å². The molecule has 0 bridgehead atoms. The standard InChI is InChI=1S/C26H36ClN5O2/c1-19-28-24(30-25(29-19)32-14-12-31(13-15-32)16-17-33)18-26(2,3)20-4-8-22(9-5-20)34-23-10-6-21(27)7-11-23/h4-11,24-25,30,33H,12-18H2,1-3H3,(H,28,29). The van der Waals surface area contributed by atoms with Crippen LogP contribution in [0.1, 0.15) is 32.8 Å². The number of benzene rings is 2. The van der Waals surface area contributed by atoms with E-state index < -0.39 is 0 Å². The van der Waals surface area contributed by atoms with Crippen molar-refractivity contribution in [3.63, 3.8) is 0 Å². The molecule has 1 saturated heterocycles. The van der Waals surface area contributed by atoms with Gasteiger partial charge in [0.2, 0.25) is 0 Å². The minimum atomic E-state index is -0.0501. The fourth-order valence-corrected chi connectivity index (χ4v) is 4.77. The van der Waals surface area contributed by atoms with Gasteiger partial charge in [-0.3, -0.25) is 15.1 Å². The highest BCUT2D eigenvalue weighted by Gasteiger charge is 2.32. The molecular weight excluding hydrogens is 450 g/mol. The van der Waals surface area contributed by atoms with Crippen LogP contribution in [-0.2, 0) is 5.41 Å². The molecule has 0 aromatic heterocycles. The lowest BCUT2D eigenvalue weighted by Gasteiger charge is -2.42. The Balaban J connectivity index is 1.35. The highest BCUT2D eigenvalue weighted by atomic mass is 35.5. The van der Waals surface area contributed by atoms with E-state index in [2.05, 4.69) is 46.4 Å². The Kier molecular flexibility index (Phi) is 8.11. The van der Waals surface area contributed by atoms with Gasteiger partial charge in [0.05, 0.1) is 18.6 Å². The van der Waals surface area contributed by atoms with E-state index in [1.54, 1.807) is 0 Å². The van der Waals surface area contributed by atoms with E-state index in [1.165, 1.54) is 5.56 Å². The third-order valence-corrected chi connectivity index (χ3v) is 6.87. The second-order valence-electron chi connectivity index (χ2n) is 9.72. The number of hydrogen-bond donors (Lipinski definition) is 3. The Bertz CT molecular complexity index is 956. The molecule has 0 spiro atoms. The van der Waals surface area contributed by atoms with Crippen molar-refractivity contribution < 1.29 is 9.84 Å². The zero-order valence-electron chi connectivity index (χ0n) is 20.3. The van der Waals surface area contributed by atoms with Gasteiger partial charge >= 0.3 is 0 Å². The van der Waals surface area contributed by atoms with Crippen molar-refractivity contribution in [1.82, 2.24) is 20.4 Å². The molecule has 0 amide bonds. The number of amidine groups is 1. The average Bonchev–Trinajstić information content (AvgIpc) is 2.81. The molecule has 1 fully saturated rings. The first kappa shape index (κ1) is 24.9. The molecule has 2 aliphatic heterocycles. The van der Waals surface area contributed by atoms with Crippen molar-refractivity contribution in [2.24, 2.45) is 4.99 Å². The molecule has 2 aromatic carbocycles. The summed E-state index contributed by atoms with van der Waals surface area (Å²) in [5, 5.41) is 17.1. The first-order valence-electron chi connectivity index (χ1n) is 12.0. The van der Waals surface area contributed by atoms with Gasteiger partial charge in [-0.2, -0.15) is 0 Å². The van der Waals surface area contributed by atoms with Crippen LogP contribution in [0.4, 0.5) is 0 Å². The predicted octanol–water partition coefficient (Wildman–Crippen LogP) is 3.63. The van der Waals surface area contributed by atoms with E-state index in [-0.39, 0.29) is 24.5 Å². The Hall–Kier alpha value is -2.16. The van der Waals surface area contributed by atoms with Crippen LogP contribution in [0.3, 0.4) is 0 Å². The second kappa shape index (κ2) is 11.1. The van der Waals surface area contributed by atoms with Crippen molar-refractivity contribution in [3.05, 3.63) is 59.1 Å². The molecule has 34 heavy (non-hydrogen) atoms. The molecule has 0 aliphatic carbocycles. The summed E-state index contributed by atoms with van der Waals surface area (Å²) >= 11 is 5.96. The number of nitrogens with zero attached hydrogens (tertiary/aromatic N) is 3. The molecule has 7 nitrogen and oxygen atoms in total. The summed E-state index contributed by atoms with van der Waals surface area (Å²) in [6, 6.07) is 15.7. The van der Waals surface area contributed by atoms with Crippen LogP contribution in [0.15, 0.2) is 53.5 Å². The van der Waals surface area contributed by atoms with Crippen LogP contribution in [0, 0.1) is 0 Å². The lowest BCUT2D eigenvalue weighted by molar-refractivity contribution is 0.0630. The summed E-state index contributed by atoms with van der Waals surface area (Å²) in [6.07, 6.45) is 1.02. The van der Waals surface area contributed by atoms with Crippen LogP contribution in [-0.4, -0.2) is 72.5 Å². The fraction of sp³-hybridized carbons (Fsp3) is 0.500. The molecule has 2 atom stereocenters. The Morgan fingerprint density at radius 1 is 1.03 bits per heavy atom. The average molecular weight is 486 g/mol. The van der Waals surface area contributed by atoms with Crippen LogP contribution in [0.5, 0.6) is 11.5 Å². The lowest BCUT2D eigenvalue weighted by Crippen LogP contribution is -2.62. The summed E-state index contributed by atoms with van der Waals surface area (Å²) in [6.45, 7) is 11.4. The number of aliphatic imine (C=N–C) groups is 1. The maximum Gasteiger partial charge on any atom is 0.159 e. The number of ether oxygens (including phenoxy) is 1. The highest BCUT2D eigenvalue weighted by molar-refractivity contribution is 6.30. The van der Waals surface area contributed by atoms with Crippen LogP contribution in [0.2, 0.25) is 5.02 Å². The molecule has 2 aliphatic rings. The molecule has 2 aromatic rings. The lowest BCUT2D eigenvalue weighted by atomic mass is 9.80. The number of aliphatic hydroxyl groups excluding tert-OH is 1. The largest absolute Gasteiger partial charge is 0.457 e. The SMILES string of the molecule is CC1=NC(N2CCN(CCO)CC2)NC(CC(C)(C)c2ccc(Oc3ccc(Cl)cc3)cc2)N1.